The van der Waals surface area contributed by atoms with Crippen molar-refractivity contribution in [2.75, 3.05) is 27.7 Å². The van der Waals surface area contributed by atoms with Crippen LogP contribution >= 0.6 is 11.8 Å². The third kappa shape index (κ3) is 5.03. The van der Waals surface area contributed by atoms with Crippen molar-refractivity contribution in [3.8, 4) is 5.75 Å². The van der Waals surface area contributed by atoms with Crippen LogP contribution in [0.25, 0.3) is 0 Å². The van der Waals surface area contributed by atoms with E-state index in [4.69, 9.17) is 4.74 Å². The molecule has 7 nitrogen and oxygen atoms in total. The fraction of sp³-hybridized carbons (Fsp3) is 0.333. The lowest BCUT2D eigenvalue weighted by atomic mass is 10.1. The molecule has 0 bridgehead atoms. The standard InChI is InChI=1S/C21H25N3O4S2/c1-15-14-24(20(25)12-16-7-5-9-18(11-16)28-4)21(29-15)22-17-8-6-10-19(13-17)30(26,27)23(2)3/h5-11,13,15H,12,14H2,1-4H3. The number of rotatable bonds is 6. The largest absolute Gasteiger partial charge is 0.497 e. The van der Waals surface area contributed by atoms with Gasteiger partial charge in [-0.3, -0.25) is 9.69 Å². The number of aliphatic imine (C=N–C) groups is 1. The minimum absolute atomic E-state index is 0.0593. The molecule has 1 fully saturated rings. The summed E-state index contributed by atoms with van der Waals surface area (Å²) in [7, 11) is 1.01. The number of thioether (sulfide) groups is 1. The number of amides is 1. The van der Waals surface area contributed by atoms with Gasteiger partial charge in [-0.2, -0.15) is 0 Å². The summed E-state index contributed by atoms with van der Waals surface area (Å²) in [5.74, 6) is 0.646. The van der Waals surface area contributed by atoms with Gasteiger partial charge >= 0.3 is 0 Å². The van der Waals surface area contributed by atoms with Gasteiger partial charge in [0.1, 0.15) is 5.75 Å². The number of carbonyl (C=O) groups excluding carboxylic acids is 1. The van der Waals surface area contributed by atoms with Crippen LogP contribution in [0.1, 0.15) is 12.5 Å². The topological polar surface area (TPSA) is 79.3 Å². The summed E-state index contributed by atoms with van der Waals surface area (Å²) >= 11 is 1.51. The molecule has 2 aromatic rings. The van der Waals surface area contributed by atoms with Crippen molar-refractivity contribution in [3.63, 3.8) is 0 Å². The molecule has 1 heterocycles. The SMILES string of the molecule is COc1cccc(CC(=O)N2CC(C)SC2=Nc2cccc(S(=O)(=O)N(C)C)c2)c1. The second kappa shape index (κ2) is 9.20. The lowest BCUT2D eigenvalue weighted by molar-refractivity contribution is -0.126. The minimum atomic E-state index is -3.56. The molecule has 9 heteroatoms. The maximum atomic E-state index is 13.0. The number of carbonyl (C=O) groups is 1. The van der Waals surface area contributed by atoms with E-state index in [1.165, 1.54) is 38.0 Å². The fourth-order valence-corrected chi connectivity index (χ4v) is 4.99. The van der Waals surface area contributed by atoms with Crippen molar-refractivity contribution in [2.24, 2.45) is 4.99 Å². The molecule has 0 N–H and O–H groups in total. The Morgan fingerprint density at radius 2 is 1.97 bits per heavy atom. The van der Waals surface area contributed by atoms with Gasteiger partial charge in [-0.15, -0.1) is 0 Å². The summed E-state index contributed by atoms with van der Waals surface area (Å²) in [4.78, 5) is 19.4. The zero-order chi connectivity index (χ0) is 21.9. The smallest absolute Gasteiger partial charge is 0.242 e. The van der Waals surface area contributed by atoms with Gasteiger partial charge in [-0.1, -0.05) is 36.9 Å². The molecule has 160 valence electrons. The Hall–Kier alpha value is -2.36. The lowest BCUT2D eigenvalue weighted by Gasteiger charge is -2.17. The maximum absolute atomic E-state index is 13.0. The van der Waals surface area contributed by atoms with Crippen LogP contribution in [-0.4, -0.2) is 61.7 Å². The van der Waals surface area contributed by atoms with Crippen molar-refractivity contribution in [1.82, 2.24) is 9.21 Å². The summed E-state index contributed by atoms with van der Waals surface area (Å²) in [5, 5.41) is 0.779. The summed E-state index contributed by atoms with van der Waals surface area (Å²) in [6.45, 7) is 2.59. The third-order valence-corrected chi connectivity index (χ3v) is 7.47. The van der Waals surface area contributed by atoms with E-state index in [0.29, 0.717) is 23.1 Å². The zero-order valence-electron chi connectivity index (χ0n) is 17.4. The zero-order valence-corrected chi connectivity index (χ0v) is 19.0. The Kier molecular flexibility index (Phi) is 6.84. The molecule has 1 aliphatic heterocycles. The molecule has 30 heavy (non-hydrogen) atoms. The van der Waals surface area contributed by atoms with Gasteiger partial charge in [-0.05, 0) is 35.9 Å². The molecule has 1 saturated heterocycles. The number of benzene rings is 2. The summed E-state index contributed by atoms with van der Waals surface area (Å²) in [5.41, 5.74) is 1.36. The molecule has 0 aliphatic carbocycles. The molecule has 0 saturated carbocycles. The van der Waals surface area contributed by atoms with Crippen LogP contribution in [0.2, 0.25) is 0 Å². The Balaban J connectivity index is 1.85. The van der Waals surface area contributed by atoms with Crippen LogP contribution < -0.4 is 4.74 Å². The Labute approximate surface area is 181 Å². The summed E-state index contributed by atoms with van der Waals surface area (Å²) < 4.78 is 31.2. The number of ether oxygens (including phenoxy) is 1. The predicted molar refractivity (Wildman–Crippen MR) is 120 cm³/mol. The fourth-order valence-electron chi connectivity index (χ4n) is 3.00. The van der Waals surface area contributed by atoms with E-state index in [9.17, 15) is 13.2 Å². The molecule has 3 rings (SSSR count). The molecule has 0 spiro atoms. The maximum Gasteiger partial charge on any atom is 0.242 e. The molecular weight excluding hydrogens is 422 g/mol. The van der Waals surface area contributed by atoms with Gasteiger partial charge < -0.3 is 4.74 Å². The normalized spacial score (nSPS) is 18.2. The van der Waals surface area contributed by atoms with Crippen molar-refractivity contribution in [1.29, 1.82) is 0 Å². The highest BCUT2D eigenvalue weighted by molar-refractivity contribution is 8.14. The monoisotopic (exact) mass is 447 g/mol. The highest BCUT2D eigenvalue weighted by Crippen LogP contribution is 2.30. The summed E-state index contributed by atoms with van der Waals surface area (Å²) in [6.07, 6.45) is 0.235. The molecule has 1 amide bonds. The van der Waals surface area contributed by atoms with E-state index >= 15 is 0 Å². The van der Waals surface area contributed by atoms with E-state index in [1.807, 2.05) is 31.2 Å². The number of methoxy groups -OCH3 is 1. The third-order valence-electron chi connectivity index (χ3n) is 4.59. The number of nitrogens with zero attached hydrogens (tertiary/aromatic N) is 3. The first-order valence-electron chi connectivity index (χ1n) is 9.42. The van der Waals surface area contributed by atoms with Gasteiger partial charge in [0.2, 0.25) is 15.9 Å². The van der Waals surface area contributed by atoms with Crippen LogP contribution in [0, 0.1) is 0 Å². The highest BCUT2D eigenvalue weighted by Gasteiger charge is 2.31. The van der Waals surface area contributed by atoms with Crippen LogP contribution in [0.15, 0.2) is 58.4 Å². The van der Waals surface area contributed by atoms with Crippen molar-refractivity contribution < 1.29 is 17.9 Å². The average Bonchev–Trinajstić information content (AvgIpc) is 3.08. The van der Waals surface area contributed by atoms with Crippen molar-refractivity contribution >= 4 is 38.5 Å². The van der Waals surface area contributed by atoms with E-state index in [0.717, 1.165) is 9.87 Å². The average molecular weight is 448 g/mol. The van der Waals surface area contributed by atoms with Crippen LogP contribution in [-0.2, 0) is 21.2 Å². The molecule has 1 unspecified atom stereocenters. The van der Waals surface area contributed by atoms with Gasteiger partial charge in [0.25, 0.3) is 0 Å². The van der Waals surface area contributed by atoms with Crippen LogP contribution in [0.4, 0.5) is 5.69 Å². The van der Waals surface area contributed by atoms with Crippen LogP contribution in [0.5, 0.6) is 5.75 Å². The van der Waals surface area contributed by atoms with Gasteiger partial charge in [0.05, 0.1) is 24.1 Å². The number of hydrogen-bond donors (Lipinski definition) is 0. The van der Waals surface area contributed by atoms with Crippen LogP contribution in [0.3, 0.4) is 0 Å². The Morgan fingerprint density at radius 1 is 1.23 bits per heavy atom. The lowest BCUT2D eigenvalue weighted by Crippen LogP contribution is -2.33. The van der Waals surface area contributed by atoms with Crippen molar-refractivity contribution in [3.05, 3.63) is 54.1 Å². The van der Waals surface area contributed by atoms with Gasteiger partial charge in [0.15, 0.2) is 5.17 Å². The second-order valence-corrected chi connectivity index (χ2v) is 10.7. The number of amidine groups is 1. The van der Waals surface area contributed by atoms with Gasteiger partial charge in [0, 0.05) is 25.9 Å². The molecule has 1 atom stereocenters. The van der Waals surface area contributed by atoms with E-state index in [2.05, 4.69) is 4.99 Å². The van der Waals surface area contributed by atoms with E-state index in [1.54, 1.807) is 24.1 Å². The number of hydrogen-bond acceptors (Lipinski definition) is 6. The molecule has 2 aromatic carbocycles. The summed E-state index contributed by atoms with van der Waals surface area (Å²) in [6, 6.07) is 13.9. The minimum Gasteiger partial charge on any atom is -0.497 e. The predicted octanol–water partition coefficient (Wildman–Crippen LogP) is 3.14. The molecule has 1 aliphatic rings. The van der Waals surface area contributed by atoms with E-state index < -0.39 is 10.0 Å². The van der Waals surface area contributed by atoms with E-state index in [-0.39, 0.29) is 22.5 Å². The van der Waals surface area contributed by atoms with Gasteiger partial charge in [-0.25, -0.2) is 17.7 Å². The quantitative estimate of drug-likeness (QED) is 0.680. The first-order chi connectivity index (χ1) is 14.2. The number of sulfonamides is 1. The Morgan fingerprint density at radius 3 is 2.67 bits per heavy atom. The molecular formula is C21H25N3O4S2. The Bertz CT molecular complexity index is 1070. The van der Waals surface area contributed by atoms with Crippen molar-refractivity contribution in [2.45, 2.75) is 23.5 Å². The molecule has 0 radical (unpaired) electrons. The first kappa shape index (κ1) is 22.3. The first-order valence-corrected chi connectivity index (χ1v) is 11.7. The second-order valence-electron chi connectivity index (χ2n) is 7.14. The molecule has 0 aromatic heterocycles. The highest BCUT2D eigenvalue weighted by atomic mass is 32.2.